The van der Waals surface area contributed by atoms with Crippen LogP contribution in [0.15, 0.2) is 53.9 Å². The van der Waals surface area contributed by atoms with E-state index in [0.717, 1.165) is 11.3 Å². The van der Waals surface area contributed by atoms with Crippen molar-refractivity contribution in [3.8, 4) is 17.0 Å². The molecule has 0 aliphatic carbocycles. The highest BCUT2D eigenvalue weighted by atomic mass is 32.1. The smallest absolute Gasteiger partial charge is 0.411 e. The second kappa shape index (κ2) is 9.84. The summed E-state index contributed by atoms with van der Waals surface area (Å²) in [6, 6.07) is 12.0. The Morgan fingerprint density at radius 1 is 1.10 bits per heavy atom. The summed E-state index contributed by atoms with van der Waals surface area (Å²) in [7, 11) is 0. The van der Waals surface area contributed by atoms with Gasteiger partial charge in [-0.15, -0.1) is 11.3 Å². The highest BCUT2D eigenvalue weighted by Crippen LogP contribution is 2.33. The van der Waals surface area contributed by atoms with E-state index in [-0.39, 0.29) is 23.1 Å². The van der Waals surface area contributed by atoms with Gasteiger partial charge < -0.3 is 9.47 Å². The number of rotatable bonds is 8. The number of para-hydroxylation sites is 1. The Morgan fingerprint density at radius 3 is 2.48 bits per heavy atom. The zero-order valence-electron chi connectivity index (χ0n) is 15.7. The molecule has 0 unspecified atom stereocenters. The van der Waals surface area contributed by atoms with Crippen LogP contribution < -0.4 is 10.1 Å². The van der Waals surface area contributed by atoms with Crippen LogP contribution in [0.25, 0.3) is 11.3 Å². The minimum Gasteiger partial charge on any atom is -0.434 e. The summed E-state index contributed by atoms with van der Waals surface area (Å²) >= 11 is 1.10. The van der Waals surface area contributed by atoms with E-state index in [2.05, 4.69) is 19.8 Å². The maximum absolute atomic E-state index is 12.6. The van der Waals surface area contributed by atoms with Crippen LogP contribution in [0.2, 0.25) is 0 Å². The molecular weight excluding hydrogens is 443 g/mol. The van der Waals surface area contributed by atoms with Crippen molar-refractivity contribution in [1.82, 2.24) is 4.98 Å². The molecule has 0 spiro atoms. The molecule has 3 rings (SSSR count). The van der Waals surface area contributed by atoms with Gasteiger partial charge in [-0.1, -0.05) is 24.3 Å². The van der Waals surface area contributed by atoms with Gasteiger partial charge in [-0.05, 0) is 29.8 Å². The molecule has 0 saturated heterocycles. The lowest BCUT2D eigenvalue weighted by atomic mass is 10.1. The molecular formula is C20H15F5N2O3S. The first-order valence-electron chi connectivity index (χ1n) is 8.76. The van der Waals surface area contributed by atoms with Crippen LogP contribution in [0, 0.1) is 0 Å². The number of carbonyl (C=O) groups is 1. The lowest BCUT2D eigenvalue weighted by Gasteiger charge is -2.08. The first-order chi connectivity index (χ1) is 14.7. The van der Waals surface area contributed by atoms with E-state index in [1.54, 1.807) is 23.6 Å². The maximum Gasteiger partial charge on any atom is 0.411 e. The number of benzene rings is 2. The number of anilines is 1. The number of ether oxygens (including phenoxy) is 2. The number of alkyl halides is 5. The molecule has 5 nitrogen and oxygen atoms in total. The van der Waals surface area contributed by atoms with Crippen molar-refractivity contribution in [3.05, 3.63) is 65.0 Å². The van der Waals surface area contributed by atoms with Gasteiger partial charge in [0.25, 0.3) is 5.91 Å². The number of nitrogens with one attached hydrogen (secondary N) is 1. The van der Waals surface area contributed by atoms with E-state index >= 15 is 0 Å². The van der Waals surface area contributed by atoms with Crippen LogP contribution in [-0.4, -0.2) is 30.3 Å². The number of aromatic nitrogens is 1. The van der Waals surface area contributed by atoms with Gasteiger partial charge in [0, 0.05) is 16.5 Å². The third-order valence-corrected chi connectivity index (χ3v) is 4.61. The van der Waals surface area contributed by atoms with Crippen LogP contribution >= 0.6 is 11.3 Å². The van der Waals surface area contributed by atoms with Crippen molar-refractivity contribution in [2.45, 2.75) is 19.4 Å². The highest BCUT2D eigenvalue weighted by Gasteiger charge is 2.27. The molecule has 3 aromatic rings. The van der Waals surface area contributed by atoms with E-state index in [9.17, 15) is 26.7 Å². The zero-order valence-corrected chi connectivity index (χ0v) is 16.5. The summed E-state index contributed by atoms with van der Waals surface area (Å²) in [5.74, 6) is -0.523. The van der Waals surface area contributed by atoms with Crippen LogP contribution in [-0.2, 0) is 11.3 Å². The number of thiazole rings is 1. The van der Waals surface area contributed by atoms with E-state index in [0.29, 0.717) is 16.8 Å². The van der Waals surface area contributed by atoms with Gasteiger partial charge in [0.2, 0.25) is 0 Å². The van der Waals surface area contributed by atoms with Gasteiger partial charge in [0.1, 0.15) is 12.4 Å². The van der Waals surface area contributed by atoms with Gasteiger partial charge in [-0.3, -0.25) is 10.1 Å². The minimum absolute atomic E-state index is 0.0380. The minimum atomic E-state index is -4.40. The van der Waals surface area contributed by atoms with E-state index in [1.807, 2.05) is 0 Å². The molecule has 31 heavy (non-hydrogen) atoms. The largest absolute Gasteiger partial charge is 0.434 e. The molecule has 1 N–H and O–H groups in total. The molecule has 0 bridgehead atoms. The number of amides is 1. The average molecular weight is 458 g/mol. The Hall–Kier alpha value is -3.05. The third-order valence-electron chi connectivity index (χ3n) is 3.85. The van der Waals surface area contributed by atoms with Crippen molar-refractivity contribution >= 4 is 22.4 Å². The number of nitrogens with zero attached hydrogens (tertiary/aromatic N) is 1. The Kier molecular flexibility index (Phi) is 7.18. The SMILES string of the molecule is O=C(Nc1nc(-c2ccccc2OC(F)F)cs1)c1ccc(COCC(F)(F)F)cc1. The number of hydrogen-bond acceptors (Lipinski definition) is 5. The van der Waals surface area contributed by atoms with Gasteiger partial charge in [-0.2, -0.15) is 22.0 Å². The molecule has 0 fully saturated rings. The van der Waals surface area contributed by atoms with Crippen LogP contribution in [0.3, 0.4) is 0 Å². The molecule has 2 aromatic carbocycles. The van der Waals surface area contributed by atoms with Crippen molar-refractivity contribution in [1.29, 1.82) is 0 Å². The highest BCUT2D eigenvalue weighted by molar-refractivity contribution is 7.14. The third kappa shape index (κ3) is 6.72. The van der Waals surface area contributed by atoms with Gasteiger partial charge in [0.15, 0.2) is 5.13 Å². The normalized spacial score (nSPS) is 11.5. The molecule has 1 amide bonds. The molecule has 1 aromatic heterocycles. The van der Waals surface area contributed by atoms with Crippen molar-refractivity contribution in [2.24, 2.45) is 0 Å². The lowest BCUT2D eigenvalue weighted by molar-refractivity contribution is -0.176. The first kappa shape index (κ1) is 22.6. The van der Waals surface area contributed by atoms with Crippen molar-refractivity contribution in [2.75, 3.05) is 11.9 Å². The van der Waals surface area contributed by atoms with Gasteiger partial charge in [-0.25, -0.2) is 4.98 Å². The van der Waals surface area contributed by atoms with Crippen molar-refractivity contribution in [3.63, 3.8) is 0 Å². The summed E-state index contributed by atoms with van der Waals surface area (Å²) in [4.78, 5) is 16.6. The molecule has 0 saturated carbocycles. The maximum atomic E-state index is 12.6. The standard InChI is InChI=1S/C20H15F5N2O3S/c21-18(22)30-16-4-2-1-3-14(16)15-10-31-19(26-15)27-17(28)13-7-5-12(6-8-13)9-29-11-20(23,24)25/h1-8,10,18H,9,11H2,(H,26,27,28). The van der Waals surface area contributed by atoms with Crippen LogP contribution in [0.4, 0.5) is 27.1 Å². The molecule has 11 heteroatoms. The fourth-order valence-electron chi connectivity index (χ4n) is 2.54. The second-order valence-corrected chi connectivity index (χ2v) is 7.03. The van der Waals surface area contributed by atoms with Gasteiger partial charge in [0.05, 0.1) is 12.3 Å². The first-order valence-corrected chi connectivity index (χ1v) is 9.64. The summed E-state index contributed by atoms with van der Waals surface area (Å²) in [6.07, 6.45) is -4.40. The monoisotopic (exact) mass is 458 g/mol. The Morgan fingerprint density at radius 2 is 1.81 bits per heavy atom. The fourth-order valence-corrected chi connectivity index (χ4v) is 3.24. The van der Waals surface area contributed by atoms with Crippen LogP contribution in [0.5, 0.6) is 5.75 Å². The summed E-state index contributed by atoms with van der Waals surface area (Å²) in [5, 5.41) is 4.42. The second-order valence-electron chi connectivity index (χ2n) is 6.17. The average Bonchev–Trinajstić information content (AvgIpc) is 3.15. The molecule has 0 radical (unpaired) electrons. The Balaban J connectivity index is 1.63. The molecule has 164 valence electrons. The molecule has 0 atom stereocenters. The molecule has 0 aliphatic rings. The zero-order chi connectivity index (χ0) is 22.4. The Labute approximate surface area is 177 Å². The number of halogens is 5. The lowest BCUT2D eigenvalue weighted by Crippen LogP contribution is -2.16. The quantitative estimate of drug-likeness (QED) is 0.437. The van der Waals surface area contributed by atoms with E-state index < -0.39 is 25.3 Å². The fraction of sp³-hybridized carbons (Fsp3) is 0.200. The molecule has 0 aliphatic heterocycles. The summed E-state index contributed by atoms with van der Waals surface area (Å²) < 4.78 is 70.5. The predicted octanol–water partition coefficient (Wildman–Crippen LogP) is 5.74. The predicted molar refractivity (Wildman–Crippen MR) is 104 cm³/mol. The molecule has 1 heterocycles. The van der Waals surface area contributed by atoms with Crippen LogP contribution in [0.1, 0.15) is 15.9 Å². The summed E-state index contributed by atoms with van der Waals surface area (Å²) in [5.41, 5.74) is 1.45. The number of carbonyl (C=O) groups excluding carboxylic acids is 1. The van der Waals surface area contributed by atoms with Crippen molar-refractivity contribution < 1.29 is 36.2 Å². The van der Waals surface area contributed by atoms with E-state index in [4.69, 9.17) is 0 Å². The summed E-state index contributed by atoms with van der Waals surface area (Å²) in [6.45, 7) is -4.58. The van der Waals surface area contributed by atoms with E-state index in [1.165, 1.54) is 30.3 Å². The Bertz CT molecular complexity index is 1020. The van der Waals surface area contributed by atoms with Gasteiger partial charge >= 0.3 is 12.8 Å². The topological polar surface area (TPSA) is 60.5 Å². The number of hydrogen-bond donors (Lipinski definition) is 1.